The first kappa shape index (κ1) is 45.1. The number of hydrogen-bond donors (Lipinski definition) is 1. The van der Waals surface area contributed by atoms with Crippen molar-refractivity contribution in [3.8, 4) is 0 Å². The van der Waals surface area contributed by atoms with Crippen LogP contribution in [0.5, 0.6) is 0 Å². The molecule has 276 valence electrons. The van der Waals surface area contributed by atoms with E-state index < -0.39 is 18.0 Å². The van der Waals surface area contributed by atoms with Gasteiger partial charge in [-0.25, -0.2) is 26.5 Å². The summed E-state index contributed by atoms with van der Waals surface area (Å²) in [5, 5.41) is 0.507. The molecule has 0 aliphatic heterocycles. The third-order valence-electron chi connectivity index (χ3n) is 8.51. The minimum atomic E-state index is -3.92. The quantitative estimate of drug-likeness (QED) is 0.137. The Hall–Kier alpha value is -1.90. The molecule has 2 aromatic rings. The van der Waals surface area contributed by atoms with Crippen molar-refractivity contribution in [1.82, 2.24) is 0 Å². The van der Waals surface area contributed by atoms with Gasteiger partial charge < -0.3 is 10.3 Å². The molecule has 0 bridgehead atoms. The normalized spacial score (nSPS) is 18.2. The van der Waals surface area contributed by atoms with Gasteiger partial charge in [-0.3, -0.25) is 0 Å². The Bertz CT molecular complexity index is 1540. The van der Waals surface area contributed by atoms with E-state index in [4.69, 9.17) is 18.7 Å². The van der Waals surface area contributed by atoms with Crippen molar-refractivity contribution in [3.05, 3.63) is 120 Å². The van der Waals surface area contributed by atoms with E-state index in [0.717, 1.165) is 18.0 Å². The molecular weight excluding hydrogens is 736 g/mol. The molecule has 2 aliphatic carbocycles. The third-order valence-corrected chi connectivity index (χ3v) is 12.8. The van der Waals surface area contributed by atoms with Crippen molar-refractivity contribution in [2.24, 2.45) is 23.5 Å². The number of allylic oxidation sites excluding steroid dienone is 6. The number of nitrogens with two attached hydrogens (primary N) is 1. The summed E-state index contributed by atoms with van der Waals surface area (Å²) in [6, 6.07) is 22.4. The molecule has 0 aromatic heterocycles. The molecule has 2 aliphatic rings. The average molecular weight is 797 g/mol. The molecule has 4 rings (SSSR count). The van der Waals surface area contributed by atoms with Gasteiger partial charge in [0.05, 0.1) is 10.1 Å². The Morgan fingerprint density at radius 2 is 1.29 bits per heavy atom. The van der Waals surface area contributed by atoms with Crippen molar-refractivity contribution in [2.45, 2.75) is 105 Å². The fraction of sp³-hybridized carbons (Fsp3) is 0.476. The van der Waals surface area contributed by atoms with Gasteiger partial charge >= 0.3 is 0 Å². The fourth-order valence-corrected chi connectivity index (χ4v) is 12.6. The number of rotatable bonds is 6. The standard InChI is InChI=1S/C29H46P.C12H12N.CH4O3S.Pd/c1-20(2)24-18-25(21(3)4)26(23-16-14-13-15-17-23)29(19-24,22(5)6)30(27(7,8)9)28(10,11)12;13-12-9-5-4-8-11(12)10-6-2-1-3-7-10;1-5(2,3)4;/h13-22H,1-12H3;1-8H,9,13H2;1H3,(H,2,3,4);/q2*-1;;/p-1. The molecule has 0 radical (unpaired) electrons. The van der Waals surface area contributed by atoms with E-state index in [1.165, 1.54) is 16.7 Å². The minimum Gasteiger partial charge on any atom is -0.748 e. The molecule has 0 fully saturated rings. The van der Waals surface area contributed by atoms with E-state index in [2.05, 4.69) is 156 Å². The Morgan fingerprint density at radius 3 is 1.65 bits per heavy atom. The van der Waals surface area contributed by atoms with Crippen molar-refractivity contribution in [2.75, 3.05) is 6.26 Å². The Morgan fingerprint density at radius 1 is 0.837 bits per heavy atom. The van der Waals surface area contributed by atoms with Gasteiger partial charge in [0.1, 0.15) is 0 Å². The summed E-state index contributed by atoms with van der Waals surface area (Å²) in [6.07, 6.45) is 12.9. The van der Waals surface area contributed by atoms with Gasteiger partial charge in [0, 0.05) is 26.7 Å². The van der Waals surface area contributed by atoms with Crippen molar-refractivity contribution >= 4 is 29.2 Å². The molecule has 7 heteroatoms. The van der Waals surface area contributed by atoms with Crippen LogP contribution in [-0.2, 0) is 30.5 Å². The minimum absolute atomic E-state index is 0. The second-order valence-electron chi connectivity index (χ2n) is 15.8. The topological polar surface area (TPSA) is 83.2 Å². The number of benzene rings is 2. The Labute approximate surface area is 315 Å². The zero-order valence-electron chi connectivity index (χ0n) is 32.1. The molecule has 2 aromatic carbocycles. The molecule has 0 spiro atoms. The summed E-state index contributed by atoms with van der Waals surface area (Å²) in [7, 11) is -4.32. The van der Waals surface area contributed by atoms with Gasteiger partial charge in [-0.1, -0.05) is 151 Å². The van der Waals surface area contributed by atoms with E-state index >= 15 is 0 Å². The molecule has 0 amide bonds. The van der Waals surface area contributed by atoms with Gasteiger partial charge in [-0.05, 0) is 39.3 Å². The maximum absolute atomic E-state index is 9.08. The van der Waals surface area contributed by atoms with Gasteiger partial charge in [-0.2, -0.15) is 11.6 Å². The average Bonchev–Trinajstić information content (AvgIpc) is 2.95. The van der Waals surface area contributed by atoms with Crippen LogP contribution in [0.2, 0.25) is 0 Å². The first-order valence-electron chi connectivity index (χ1n) is 17.1. The Kier molecular flexibility index (Phi) is 17.1. The van der Waals surface area contributed by atoms with Crippen LogP contribution in [0.1, 0.15) is 101 Å². The van der Waals surface area contributed by atoms with E-state index in [9.17, 15) is 0 Å². The molecular formula is C42H61NO3PPdS-3. The van der Waals surface area contributed by atoms with Crippen LogP contribution >= 0.6 is 7.92 Å². The van der Waals surface area contributed by atoms with Crippen LogP contribution in [0.4, 0.5) is 0 Å². The zero-order valence-corrected chi connectivity index (χ0v) is 35.3. The molecule has 0 saturated carbocycles. The van der Waals surface area contributed by atoms with E-state index in [0.29, 0.717) is 24.0 Å². The van der Waals surface area contributed by atoms with Crippen LogP contribution < -0.4 is 5.73 Å². The molecule has 1 unspecified atom stereocenters. The first-order valence-corrected chi connectivity index (χ1v) is 20.3. The van der Waals surface area contributed by atoms with Crippen LogP contribution in [0.25, 0.3) is 11.1 Å². The predicted molar refractivity (Wildman–Crippen MR) is 211 cm³/mol. The summed E-state index contributed by atoms with van der Waals surface area (Å²) in [5.41, 5.74) is 14.3. The second-order valence-corrected chi connectivity index (χ2v) is 21.3. The monoisotopic (exact) mass is 796 g/mol. The van der Waals surface area contributed by atoms with Gasteiger partial charge in [0.2, 0.25) is 0 Å². The molecule has 49 heavy (non-hydrogen) atoms. The second kappa shape index (κ2) is 18.6. The largest absolute Gasteiger partial charge is 0.748 e. The summed E-state index contributed by atoms with van der Waals surface area (Å²) in [6.45, 7) is 29.3. The summed E-state index contributed by atoms with van der Waals surface area (Å²) < 4.78 is 27.2. The molecule has 0 heterocycles. The predicted octanol–water partition coefficient (Wildman–Crippen LogP) is 11.0. The molecule has 0 saturated heterocycles. The zero-order chi connectivity index (χ0) is 36.7. The van der Waals surface area contributed by atoms with Crippen LogP contribution in [-0.4, -0.2) is 34.7 Å². The Balaban J connectivity index is 0.000000517. The fourth-order valence-electron chi connectivity index (χ4n) is 7.12. The van der Waals surface area contributed by atoms with Crippen LogP contribution in [0.3, 0.4) is 0 Å². The maximum Gasteiger partial charge on any atom is 0.0916 e. The van der Waals surface area contributed by atoms with E-state index in [1.54, 1.807) is 11.1 Å². The molecule has 4 nitrogen and oxygen atoms in total. The van der Waals surface area contributed by atoms with Crippen LogP contribution in [0.15, 0.2) is 96.1 Å². The van der Waals surface area contributed by atoms with Crippen LogP contribution in [0, 0.1) is 30.2 Å². The molecule has 1 atom stereocenters. The molecule has 2 N–H and O–H groups in total. The van der Waals surface area contributed by atoms with Gasteiger partial charge in [0.25, 0.3) is 0 Å². The van der Waals surface area contributed by atoms with Gasteiger partial charge in [-0.15, -0.1) is 41.5 Å². The number of hydrogen-bond acceptors (Lipinski definition) is 4. The summed E-state index contributed by atoms with van der Waals surface area (Å²) >= 11 is 0. The maximum atomic E-state index is 9.08. The SMILES string of the molecule is CC(C)C1=CC(C(C)C)=C(c2ccccc2)C(C(C)C)(P(C(C)(C)C)C(C)(C)C)[CH-]1.CS(=O)(=O)[O-].N[C-]1CC=CC=C1c1ccccc1.[Pd]. The summed E-state index contributed by atoms with van der Waals surface area (Å²) in [4.78, 5) is 0. The first-order chi connectivity index (χ1) is 22.0. The third kappa shape index (κ3) is 12.7. The van der Waals surface area contributed by atoms with Crippen molar-refractivity contribution < 1.29 is 33.4 Å². The van der Waals surface area contributed by atoms with E-state index in [1.807, 2.05) is 18.2 Å². The summed E-state index contributed by atoms with van der Waals surface area (Å²) in [5.74, 6) is 1.55. The van der Waals surface area contributed by atoms with Crippen molar-refractivity contribution in [3.63, 3.8) is 0 Å². The van der Waals surface area contributed by atoms with E-state index in [-0.39, 0.29) is 35.9 Å². The van der Waals surface area contributed by atoms with Gasteiger partial charge in [0.15, 0.2) is 0 Å². The van der Waals surface area contributed by atoms with Crippen molar-refractivity contribution in [1.29, 1.82) is 0 Å². The smallest absolute Gasteiger partial charge is 0.0916 e.